The summed E-state index contributed by atoms with van der Waals surface area (Å²) >= 11 is 6.98. The first kappa shape index (κ1) is 18.4. The van der Waals surface area contributed by atoms with Gasteiger partial charge < -0.3 is 5.32 Å². The molecule has 0 aliphatic heterocycles. The smallest absolute Gasteiger partial charge is 0.237 e. The van der Waals surface area contributed by atoms with Crippen LogP contribution in [0.5, 0.6) is 0 Å². The molecule has 26 heavy (non-hydrogen) atoms. The zero-order valence-corrected chi connectivity index (χ0v) is 15.7. The highest BCUT2D eigenvalue weighted by atomic mass is 35.5. The molecular weight excluding hydrogens is 375 g/mol. The molecule has 2 aromatic carbocycles. The highest BCUT2D eigenvalue weighted by molar-refractivity contribution is 8.00. The maximum atomic E-state index is 13.9. The Kier molecular flexibility index (Phi) is 5.58. The summed E-state index contributed by atoms with van der Waals surface area (Å²) in [5, 5.41) is 11.2. The van der Waals surface area contributed by atoms with Crippen molar-refractivity contribution in [2.75, 3.05) is 5.32 Å². The topological polar surface area (TPSA) is 59.8 Å². The molecule has 0 fully saturated rings. The Balaban J connectivity index is 1.76. The fourth-order valence-electron chi connectivity index (χ4n) is 2.33. The van der Waals surface area contributed by atoms with E-state index in [0.29, 0.717) is 5.16 Å². The van der Waals surface area contributed by atoms with Crippen LogP contribution in [0.4, 0.5) is 10.1 Å². The summed E-state index contributed by atoms with van der Waals surface area (Å²) in [6.07, 6.45) is 0. The van der Waals surface area contributed by atoms with Crippen molar-refractivity contribution in [3.8, 4) is 5.69 Å². The van der Waals surface area contributed by atoms with Crippen molar-refractivity contribution in [1.29, 1.82) is 0 Å². The molecule has 1 heterocycles. The van der Waals surface area contributed by atoms with Crippen molar-refractivity contribution < 1.29 is 9.18 Å². The SMILES string of the molecule is Cc1nnc(S[C@@H](C)C(=O)Nc2ccc(Cl)cc2F)n1-c1ccccc1. The van der Waals surface area contributed by atoms with E-state index in [9.17, 15) is 9.18 Å². The summed E-state index contributed by atoms with van der Waals surface area (Å²) in [7, 11) is 0. The van der Waals surface area contributed by atoms with Gasteiger partial charge >= 0.3 is 0 Å². The number of aromatic nitrogens is 3. The number of hydrogen-bond acceptors (Lipinski definition) is 4. The van der Waals surface area contributed by atoms with E-state index >= 15 is 0 Å². The average Bonchev–Trinajstić information content (AvgIpc) is 2.98. The number of carbonyl (C=O) groups is 1. The highest BCUT2D eigenvalue weighted by Gasteiger charge is 2.20. The third-order valence-electron chi connectivity index (χ3n) is 3.65. The Morgan fingerprint density at radius 3 is 2.65 bits per heavy atom. The van der Waals surface area contributed by atoms with Gasteiger partial charge in [-0.2, -0.15) is 0 Å². The van der Waals surface area contributed by atoms with Crippen LogP contribution in [0.25, 0.3) is 5.69 Å². The number of nitrogens with zero attached hydrogens (tertiary/aromatic N) is 3. The minimum atomic E-state index is -0.577. The van der Waals surface area contributed by atoms with Gasteiger partial charge in [0.1, 0.15) is 11.6 Å². The lowest BCUT2D eigenvalue weighted by Crippen LogP contribution is -2.23. The summed E-state index contributed by atoms with van der Waals surface area (Å²) in [6, 6.07) is 13.8. The van der Waals surface area contributed by atoms with Gasteiger partial charge in [0.15, 0.2) is 5.16 Å². The number of thioether (sulfide) groups is 1. The van der Waals surface area contributed by atoms with Crippen LogP contribution >= 0.6 is 23.4 Å². The molecule has 134 valence electrons. The maximum absolute atomic E-state index is 13.9. The number of amides is 1. The zero-order valence-electron chi connectivity index (χ0n) is 14.1. The third kappa shape index (κ3) is 4.05. The summed E-state index contributed by atoms with van der Waals surface area (Å²) in [5.74, 6) is -0.196. The Morgan fingerprint density at radius 1 is 1.23 bits per heavy atom. The number of para-hydroxylation sites is 1. The molecule has 1 N–H and O–H groups in total. The lowest BCUT2D eigenvalue weighted by atomic mass is 10.3. The highest BCUT2D eigenvalue weighted by Crippen LogP contribution is 2.27. The van der Waals surface area contributed by atoms with Gasteiger partial charge in [0.2, 0.25) is 5.91 Å². The molecule has 1 atom stereocenters. The van der Waals surface area contributed by atoms with E-state index in [-0.39, 0.29) is 16.6 Å². The quantitative estimate of drug-likeness (QED) is 0.652. The molecule has 1 amide bonds. The molecule has 0 spiro atoms. The van der Waals surface area contributed by atoms with Crippen LogP contribution in [0.15, 0.2) is 53.7 Å². The molecule has 1 aromatic heterocycles. The molecule has 3 aromatic rings. The van der Waals surface area contributed by atoms with Crippen LogP contribution in [-0.2, 0) is 4.79 Å². The second kappa shape index (κ2) is 7.88. The van der Waals surface area contributed by atoms with Gasteiger partial charge in [-0.05, 0) is 44.2 Å². The lowest BCUT2D eigenvalue weighted by molar-refractivity contribution is -0.115. The summed E-state index contributed by atoms with van der Waals surface area (Å²) < 4.78 is 15.7. The van der Waals surface area contributed by atoms with E-state index in [1.54, 1.807) is 6.92 Å². The molecule has 0 unspecified atom stereocenters. The fraction of sp³-hybridized carbons (Fsp3) is 0.167. The van der Waals surface area contributed by atoms with Gasteiger partial charge in [-0.1, -0.05) is 41.6 Å². The Labute approximate surface area is 159 Å². The van der Waals surface area contributed by atoms with Gasteiger partial charge in [-0.25, -0.2) is 4.39 Å². The monoisotopic (exact) mass is 390 g/mol. The first-order chi connectivity index (χ1) is 12.5. The number of halogens is 2. The van der Waals surface area contributed by atoms with E-state index in [1.165, 1.54) is 23.9 Å². The van der Waals surface area contributed by atoms with Gasteiger partial charge in [-0.15, -0.1) is 10.2 Å². The van der Waals surface area contributed by atoms with E-state index in [4.69, 9.17) is 11.6 Å². The second-order valence-corrected chi connectivity index (χ2v) is 7.32. The van der Waals surface area contributed by atoms with Crippen LogP contribution in [0, 0.1) is 12.7 Å². The minimum Gasteiger partial charge on any atom is -0.323 e. The molecule has 0 bridgehead atoms. The number of nitrogens with one attached hydrogen (secondary N) is 1. The minimum absolute atomic E-state index is 0.0903. The number of benzene rings is 2. The predicted molar refractivity (Wildman–Crippen MR) is 101 cm³/mol. The number of hydrogen-bond donors (Lipinski definition) is 1. The van der Waals surface area contributed by atoms with E-state index < -0.39 is 11.1 Å². The molecule has 3 rings (SSSR count). The number of aryl methyl sites for hydroxylation is 1. The van der Waals surface area contributed by atoms with Crippen LogP contribution in [0.1, 0.15) is 12.7 Å². The van der Waals surface area contributed by atoms with Gasteiger partial charge in [0.05, 0.1) is 10.9 Å². The first-order valence-corrected chi connectivity index (χ1v) is 9.11. The molecule has 0 radical (unpaired) electrons. The molecular formula is C18H16ClFN4OS. The molecule has 5 nitrogen and oxygen atoms in total. The van der Waals surface area contributed by atoms with Gasteiger partial charge in [0.25, 0.3) is 0 Å². The van der Waals surface area contributed by atoms with Crippen molar-refractivity contribution in [2.45, 2.75) is 24.3 Å². The van der Waals surface area contributed by atoms with Crippen molar-refractivity contribution in [1.82, 2.24) is 14.8 Å². The average molecular weight is 391 g/mol. The number of carbonyl (C=O) groups excluding carboxylic acids is 1. The van der Waals surface area contributed by atoms with Gasteiger partial charge in [0, 0.05) is 10.7 Å². The third-order valence-corrected chi connectivity index (χ3v) is 4.93. The molecule has 0 aliphatic rings. The fourth-order valence-corrected chi connectivity index (χ4v) is 3.40. The molecule has 0 saturated carbocycles. The van der Waals surface area contributed by atoms with Crippen molar-refractivity contribution in [2.24, 2.45) is 0 Å². The molecule has 0 saturated heterocycles. The lowest BCUT2D eigenvalue weighted by Gasteiger charge is -2.13. The normalized spacial score (nSPS) is 12.0. The predicted octanol–water partition coefficient (Wildman–Crippen LogP) is 4.49. The standard InChI is InChI=1S/C18H16ClFN4OS/c1-11(17(25)21-16-9-8-13(19)10-15(16)20)26-18-23-22-12(2)24(18)14-6-4-3-5-7-14/h3-11H,1-2H3,(H,21,25)/t11-/m0/s1. The largest absolute Gasteiger partial charge is 0.323 e. The van der Waals surface area contributed by atoms with E-state index in [0.717, 1.165) is 17.6 Å². The Hall–Kier alpha value is -2.38. The van der Waals surface area contributed by atoms with Crippen LogP contribution in [0.2, 0.25) is 5.02 Å². The molecule has 8 heteroatoms. The van der Waals surface area contributed by atoms with Crippen molar-refractivity contribution >= 4 is 35.0 Å². The Morgan fingerprint density at radius 2 is 1.96 bits per heavy atom. The number of anilines is 1. The summed E-state index contributed by atoms with van der Waals surface area (Å²) in [6.45, 7) is 3.57. The van der Waals surface area contributed by atoms with E-state index in [1.807, 2.05) is 41.8 Å². The summed E-state index contributed by atoms with van der Waals surface area (Å²) in [4.78, 5) is 12.4. The van der Waals surface area contributed by atoms with Crippen LogP contribution < -0.4 is 5.32 Å². The Bertz CT molecular complexity index is 932. The van der Waals surface area contributed by atoms with Crippen molar-refractivity contribution in [3.63, 3.8) is 0 Å². The zero-order chi connectivity index (χ0) is 18.7. The van der Waals surface area contributed by atoms with Crippen LogP contribution in [0.3, 0.4) is 0 Å². The maximum Gasteiger partial charge on any atom is 0.237 e. The summed E-state index contributed by atoms with van der Waals surface area (Å²) in [5.41, 5.74) is 1.00. The van der Waals surface area contributed by atoms with Crippen molar-refractivity contribution in [3.05, 3.63) is 65.2 Å². The second-order valence-electron chi connectivity index (χ2n) is 5.57. The molecule has 0 aliphatic carbocycles. The first-order valence-electron chi connectivity index (χ1n) is 7.85. The van der Waals surface area contributed by atoms with Crippen LogP contribution in [-0.4, -0.2) is 25.9 Å². The number of rotatable bonds is 5. The van der Waals surface area contributed by atoms with Gasteiger partial charge in [-0.3, -0.25) is 9.36 Å². The van der Waals surface area contributed by atoms with E-state index in [2.05, 4.69) is 15.5 Å².